The molecule has 0 saturated heterocycles. The van der Waals surface area contributed by atoms with Crippen LogP contribution in [0.2, 0.25) is 0 Å². The fraction of sp³-hybridized carbons (Fsp3) is 0.250. The van der Waals surface area contributed by atoms with Gasteiger partial charge in [0.25, 0.3) is 0 Å². The molecule has 0 bridgehead atoms. The van der Waals surface area contributed by atoms with Crippen LogP contribution >= 0.6 is 0 Å². The summed E-state index contributed by atoms with van der Waals surface area (Å²) in [5.41, 5.74) is 6.50. The molecule has 2 aromatic carbocycles. The molecule has 6 nitrogen and oxygen atoms in total. The summed E-state index contributed by atoms with van der Waals surface area (Å²) in [4.78, 5) is 13.3. The van der Waals surface area contributed by atoms with E-state index in [9.17, 15) is 9.18 Å². The van der Waals surface area contributed by atoms with E-state index >= 15 is 0 Å². The van der Waals surface area contributed by atoms with Crippen LogP contribution in [0.15, 0.2) is 79.1 Å². The molecule has 35 heavy (non-hydrogen) atoms. The fourth-order valence-electron chi connectivity index (χ4n) is 4.95. The van der Waals surface area contributed by atoms with Crippen LogP contribution in [0.3, 0.4) is 0 Å². The number of nitrogens with one attached hydrogen (secondary N) is 1. The van der Waals surface area contributed by atoms with E-state index in [2.05, 4.69) is 17.0 Å². The summed E-state index contributed by atoms with van der Waals surface area (Å²) in [5.74, 6) is -0.256. The van der Waals surface area contributed by atoms with Gasteiger partial charge in [0.15, 0.2) is 0 Å². The van der Waals surface area contributed by atoms with Crippen molar-refractivity contribution < 1.29 is 9.18 Å². The second kappa shape index (κ2) is 9.33. The summed E-state index contributed by atoms with van der Waals surface area (Å²) >= 11 is 0. The fourth-order valence-corrected chi connectivity index (χ4v) is 4.95. The van der Waals surface area contributed by atoms with Crippen LogP contribution in [0.1, 0.15) is 35.6 Å². The van der Waals surface area contributed by atoms with Crippen LogP contribution in [-0.4, -0.2) is 31.5 Å². The SMILES string of the molecule is C=C1C[C@@H](NC(=O)Cc2c(C)c(-c3cnn(C)c3)nn2-c2ccccc2)[C@H](c2ccc(F)cc2)C1. The molecule has 1 saturated carbocycles. The standard InChI is InChI=1S/C28H28FN5O/c1-18-13-24(20-9-11-22(29)12-10-20)25(14-18)31-27(35)15-26-19(2)28(21-16-30-33(3)17-21)32-34(26)23-7-5-4-6-8-23/h4-12,16-17,24-25H,1,13-15H2,2-3H3,(H,31,35)/t24-,25+/m0/s1. The van der Waals surface area contributed by atoms with Gasteiger partial charge in [0.1, 0.15) is 5.82 Å². The number of benzene rings is 2. The van der Waals surface area contributed by atoms with Crippen LogP contribution in [-0.2, 0) is 18.3 Å². The maximum absolute atomic E-state index is 13.4. The Morgan fingerprint density at radius 3 is 2.57 bits per heavy atom. The summed E-state index contributed by atoms with van der Waals surface area (Å²) in [6, 6.07) is 16.3. The average molecular weight is 470 g/mol. The lowest BCUT2D eigenvalue weighted by Crippen LogP contribution is -2.37. The Balaban J connectivity index is 1.43. The van der Waals surface area contributed by atoms with E-state index in [0.717, 1.165) is 45.8 Å². The lowest BCUT2D eigenvalue weighted by molar-refractivity contribution is -0.121. The van der Waals surface area contributed by atoms with Gasteiger partial charge in [0.2, 0.25) is 5.91 Å². The van der Waals surface area contributed by atoms with Gasteiger partial charge < -0.3 is 5.32 Å². The number of rotatable bonds is 6. The van der Waals surface area contributed by atoms with Crippen LogP contribution in [0.25, 0.3) is 16.9 Å². The molecule has 1 amide bonds. The molecule has 2 aromatic heterocycles. The lowest BCUT2D eigenvalue weighted by Gasteiger charge is -2.21. The van der Waals surface area contributed by atoms with Gasteiger partial charge in [-0.25, -0.2) is 9.07 Å². The number of para-hydroxylation sites is 1. The smallest absolute Gasteiger partial charge is 0.226 e. The highest BCUT2D eigenvalue weighted by molar-refractivity contribution is 5.80. The quantitative estimate of drug-likeness (QED) is 0.409. The third-order valence-corrected chi connectivity index (χ3v) is 6.70. The molecule has 1 aliphatic rings. The van der Waals surface area contributed by atoms with E-state index < -0.39 is 0 Å². The molecule has 2 atom stereocenters. The molecule has 1 N–H and O–H groups in total. The summed E-state index contributed by atoms with van der Waals surface area (Å²) < 4.78 is 17.0. The van der Waals surface area contributed by atoms with Crippen molar-refractivity contribution in [2.75, 3.05) is 0 Å². The summed E-state index contributed by atoms with van der Waals surface area (Å²) in [6.07, 6.45) is 5.39. The van der Waals surface area contributed by atoms with Crippen molar-refractivity contribution >= 4 is 5.91 Å². The van der Waals surface area contributed by atoms with Gasteiger partial charge >= 0.3 is 0 Å². The third kappa shape index (κ3) is 4.67. The van der Waals surface area contributed by atoms with Crippen LogP contribution < -0.4 is 5.32 Å². The summed E-state index contributed by atoms with van der Waals surface area (Å²) in [5, 5.41) is 12.4. The Morgan fingerprint density at radius 2 is 1.89 bits per heavy atom. The minimum absolute atomic E-state index is 0.0743. The normalized spacial score (nSPS) is 17.6. The van der Waals surface area contributed by atoms with Crippen molar-refractivity contribution in [3.63, 3.8) is 0 Å². The Bertz CT molecular complexity index is 1370. The largest absolute Gasteiger partial charge is 0.352 e. The zero-order chi connectivity index (χ0) is 24.5. The van der Waals surface area contributed by atoms with Crippen molar-refractivity contribution in [1.82, 2.24) is 24.9 Å². The van der Waals surface area contributed by atoms with Crippen molar-refractivity contribution in [3.8, 4) is 16.9 Å². The van der Waals surface area contributed by atoms with Gasteiger partial charge in [-0.3, -0.25) is 9.48 Å². The van der Waals surface area contributed by atoms with E-state index in [0.29, 0.717) is 6.42 Å². The Kier molecular flexibility index (Phi) is 6.07. The van der Waals surface area contributed by atoms with E-state index in [1.807, 2.05) is 55.2 Å². The number of carbonyl (C=O) groups is 1. The molecule has 7 heteroatoms. The van der Waals surface area contributed by atoms with Gasteiger partial charge in [-0.2, -0.15) is 10.2 Å². The first-order valence-electron chi connectivity index (χ1n) is 11.7. The van der Waals surface area contributed by atoms with E-state index in [1.54, 1.807) is 23.0 Å². The lowest BCUT2D eigenvalue weighted by atomic mass is 9.93. The Labute approximate surface area is 204 Å². The summed E-state index contributed by atoms with van der Waals surface area (Å²) in [6.45, 7) is 6.14. The van der Waals surface area contributed by atoms with Crippen molar-refractivity contribution in [2.24, 2.45) is 7.05 Å². The number of hydrogen-bond acceptors (Lipinski definition) is 3. The molecular weight excluding hydrogens is 441 g/mol. The molecule has 1 fully saturated rings. The molecule has 0 aliphatic heterocycles. The highest BCUT2D eigenvalue weighted by Crippen LogP contribution is 2.37. The van der Waals surface area contributed by atoms with Crippen molar-refractivity contribution in [1.29, 1.82) is 0 Å². The van der Waals surface area contributed by atoms with Gasteiger partial charge in [-0.05, 0) is 55.2 Å². The zero-order valence-corrected chi connectivity index (χ0v) is 19.9. The molecule has 0 radical (unpaired) electrons. The summed E-state index contributed by atoms with van der Waals surface area (Å²) in [7, 11) is 1.87. The highest BCUT2D eigenvalue weighted by atomic mass is 19.1. The maximum atomic E-state index is 13.4. The second-order valence-electron chi connectivity index (χ2n) is 9.24. The van der Waals surface area contributed by atoms with Crippen LogP contribution in [0, 0.1) is 12.7 Å². The number of amides is 1. The molecule has 4 aromatic rings. The van der Waals surface area contributed by atoms with Gasteiger partial charge in [0.05, 0.1) is 29.7 Å². The van der Waals surface area contributed by atoms with Gasteiger partial charge in [-0.1, -0.05) is 42.5 Å². The average Bonchev–Trinajstić information content (AvgIpc) is 3.52. The van der Waals surface area contributed by atoms with E-state index in [4.69, 9.17) is 5.10 Å². The molecule has 0 spiro atoms. The van der Waals surface area contributed by atoms with Crippen LogP contribution in [0.4, 0.5) is 4.39 Å². The number of carbonyl (C=O) groups excluding carboxylic acids is 1. The number of aryl methyl sites for hydroxylation is 1. The molecule has 178 valence electrons. The first kappa shape index (κ1) is 22.8. The topological polar surface area (TPSA) is 64.7 Å². The predicted octanol–water partition coefficient (Wildman–Crippen LogP) is 4.88. The number of aromatic nitrogens is 4. The monoisotopic (exact) mass is 469 g/mol. The second-order valence-corrected chi connectivity index (χ2v) is 9.24. The minimum atomic E-state index is -0.264. The molecular formula is C28H28FN5O. The van der Waals surface area contributed by atoms with Crippen molar-refractivity contribution in [3.05, 3.63) is 102 Å². The number of nitrogens with zero attached hydrogens (tertiary/aromatic N) is 4. The highest BCUT2D eigenvalue weighted by Gasteiger charge is 2.32. The van der Waals surface area contributed by atoms with Gasteiger partial charge in [0, 0.05) is 30.8 Å². The van der Waals surface area contributed by atoms with E-state index in [1.165, 1.54) is 12.1 Å². The Morgan fingerprint density at radius 1 is 1.14 bits per heavy atom. The molecule has 5 rings (SSSR count). The number of halogens is 1. The molecule has 0 unspecified atom stereocenters. The van der Waals surface area contributed by atoms with E-state index in [-0.39, 0.29) is 30.1 Å². The third-order valence-electron chi connectivity index (χ3n) is 6.70. The van der Waals surface area contributed by atoms with Crippen LogP contribution in [0.5, 0.6) is 0 Å². The minimum Gasteiger partial charge on any atom is -0.352 e. The first-order chi connectivity index (χ1) is 16.9. The predicted molar refractivity (Wildman–Crippen MR) is 134 cm³/mol. The van der Waals surface area contributed by atoms with Crippen molar-refractivity contribution in [2.45, 2.75) is 38.1 Å². The zero-order valence-electron chi connectivity index (χ0n) is 19.9. The molecule has 2 heterocycles. The molecule has 1 aliphatic carbocycles. The first-order valence-corrected chi connectivity index (χ1v) is 11.7. The van der Waals surface area contributed by atoms with Gasteiger partial charge in [-0.15, -0.1) is 0 Å². The maximum Gasteiger partial charge on any atom is 0.226 e. The number of hydrogen-bond donors (Lipinski definition) is 1. The Hall–Kier alpha value is -4.00.